The van der Waals surface area contributed by atoms with E-state index < -0.39 is 0 Å². The Morgan fingerprint density at radius 2 is 1.85 bits per heavy atom. The number of ether oxygens (including phenoxy) is 1. The van der Waals surface area contributed by atoms with Crippen LogP contribution in [0.1, 0.15) is 51.0 Å². The van der Waals surface area contributed by atoms with Gasteiger partial charge in [-0.2, -0.15) is 5.10 Å². The van der Waals surface area contributed by atoms with E-state index in [1.54, 1.807) is 0 Å². The van der Waals surface area contributed by atoms with Gasteiger partial charge in [-0.05, 0) is 63.1 Å². The number of carbonyl (C=O) groups excluding carboxylic acids is 1. The van der Waals surface area contributed by atoms with E-state index in [4.69, 9.17) is 9.84 Å². The summed E-state index contributed by atoms with van der Waals surface area (Å²) in [5.74, 6) is 1.76. The predicted molar refractivity (Wildman–Crippen MR) is 131 cm³/mol. The van der Waals surface area contributed by atoms with Crippen LogP contribution in [0.5, 0.6) is 0 Å². The first-order valence-corrected chi connectivity index (χ1v) is 12.6. The number of nitrogens with zero attached hydrogens (tertiary/aromatic N) is 4. The van der Waals surface area contributed by atoms with E-state index in [2.05, 4.69) is 46.3 Å². The van der Waals surface area contributed by atoms with Gasteiger partial charge in [0, 0.05) is 51.0 Å². The Kier molecular flexibility index (Phi) is 6.69. The summed E-state index contributed by atoms with van der Waals surface area (Å²) < 4.78 is 5.53. The summed E-state index contributed by atoms with van der Waals surface area (Å²) in [6, 6.07) is 9.34. The first-order valence-electron chi connectivity index (χ1n) is 12.6. The van der Waals surface area contributed by atoms with Crippen LogP contribution in [0.3, 0.4) is 0 Å². The van der Waals surface area contributed by atoms with Crippen LogP contribution in [0.4, 0.5) is 5.69 Å². The number of allylic oxidation sites excluding steroid dienone is 1. The molecule has 4 aliphatic rings. The first kappa shape index (κ1) is 22.4. The van der Waals surface area contributed by atoms with E-state index in [1.165, 1.54) is 37.2 Å². The van der Waals surface area contributed by atoms with Crippen molar-refractivity contribution in [3.05, 3.63) is 41.6 Å². The number of likely N-dealkylation sites (tertiary alicyclic amines) is 1. The molecular formula is C26H37N5O2. The van der Waals surface area contributed by atoms with Crippen molar-refractivity contribution in [3.63, 3.8) is 0 Å². The van der Waals surface area contributed by atoms with Crippen LogP contribution < -0.4 is 10.2 Å². The van der Waals surface area contributed by atoms with E-state index in [9.17, 15) is 4.79 Å². The third kappa shape index (κ3) is 4.80. The van der Waals surface area contributed by atoms with Crippen LogP contribution in [-0.2, 0) is 9.53 Å². The SMILES string of the molecule is C/C=C1/C(=O)NC(CN2CC(c3ccc(N4CCCC4)cc3)C2)=NN1C(C)C1CCOCC1. The van der Waals surface area contributed by atoms with E-state index in [0.29, 0.717) is 24.1 Å². The van der Waals surface area contributed by atoms with Crippen LogP contribution in [0.15, 0.2) is 41.1 Å². The van der Waals surface area contributed by atoms with E-state index >= 15 is 0 Å². The molecule has 7 heteroatoms. The second-order valence-electron chi connectivity index (χ2n) is 9.89. The summed E-state index contributed by atoms with van der Waals surface area (Å²) in [5, 5.41) is 9.88. The van der Waals surface area contributed by atoms with Gasteiger partial charge in [0.05, 0.1) is 12.6 Å². The van der Waals surface area contributed by atoms with Crippen LogP contribution in [0.25, 0.3) is 0 Å². The topological polar surface area (TPSA) is 60.4 Å². The van der Waals surface area contributed by atoms with Gasteiger partial charge >= 0.3 is 0 Å². The van der Waals surface area contributed by atoms with Crippen molar-refractivity contribution in [2.45, 2.75) is 51.5 Å². The molecule has 1 aromatic carbocycles. The average Bonchev–Trinajstić information content (AvgIpc) is 3.36. The second-order valence-corrected chi connectivity index (χ2v) is 9.89. The zero-order valence-corrected chi connectivity index (χ0v) is 20.0. The molecule has 1 unspecified atom stereocenters. The first-order chi connectivity index (χ1) is 16.1. The summed E-state index contributed by atoms with van der Waals surface area (Å²) in [5.41, 5.74) is 3.41. The van der Waals surface area contributed by atoms with E-state index in [1.807, 2.05) is 18.0 Å². The number of hydrazone groups is 1. The molecule has 4 aliphatic heterocycles. The summed E-state index contributed by atoms with van der Waals surface area (Å²) >= 11 is 0. The Balaban J connectivity index is 1.19. The minimum atomic E-state index is -0.0454. The van der Waals surface area contributed by atoms with Gasteiger partial charge in [0.25, 0.3) is 5.91 Å². The zero-order chi connectivity index (χ0) is 22.8. The third-order valence-corrected chi connectivity index (χ3v) is 7.74. The Labute approximate surface area is 197 Å². The van der Waals surface area contributed by atoms with Gasteiger partial charge in [-0.1, -0.05) is 18.2 Å². The molecule has 0 aromatic heterocycles. The molecule has 3 saturated heterocycles. The molecule has 3 fully saturated rings. The maximum Gasteiger partial charge on any atom is 0.274 e. The number of nitrogens with one attached hydrogen (secondary N) is 1. The second kappa shape index (κ2) is 9.85. The van der Waals surface area contributed by atoms with Crippen LogP contribution >= 0.6 is 0 Å². The van der Waals surface area contributed by atoms with Crippen molar-refractivity contribution < 1.29 is 9.53 Å². The van der Waals surface area contributed by atoms with Gasteiger partial charge in [-0.3, -0.25) is 14.7 Å². The molecule has 7 nitrogen and oxygen atoms in total. The third-order valence-electron chi connectivity index (χ3n) is 7.74. The van der Waals surface area contributed by atoms with Crippen molar-refractivity contribution >= 4 is 17.4 Å². The largest absolute Gasteiger partial charge is 0.381 e. The average molecular weight is 452 g/mol. The van der Waals surface area contributed by atoms with Crippen molar-refractivity contribution in [1.29, 1.82) is 0 Å². The molecule has 4 heterocycles. The van der Waals surface area contributed by atoms with Gasteiger partial charge in [0.2, 0.25) is 0 Å². The maximum atomic E-state index is 12.8. The molecular weight excluding hydrogens is 414 g/mol. The standard InChI is InChI=1S/C26H37N5O2/c1-3-24-26(32)27-25(28-31(24)19(2)20-10-14-33-15-11-20)18-29-16-22(17-29)21-6-8-23(9-7-21)30-12-4-5-13-30/h3,6-9,19-20,22H,4-5,10-18H2,1-2H3,(H,27,28,32)/b24-3-. The highest BCUT2D eigenvalue weighted by Gasteiger charge is 2.35. The Bertz CT molecular complexity index is 894. The van der Waals surface area contributed by atoms with Crippen LogP contribution in [0, 0.1) is 5.92 Å². The fourth-order valence-corrected chi connectivity index (χ4v) is 5.61. The highest BCUT2D eigenvalue weighted by Crippen LogP contribution is 2.30. The zero-order valence-electron chi connectivity index (χ0n) is 20.0. The Hall–Kier alpha value is -2.38. The summed E-state index contributed by atoms with van der Waals surface area (Å²) in [4.78, 5) is 17.6. The highest BCUT2D eigenvalue weighted by atomic mass is 16.5. The number of carbonyl (C=O) groups is 1. The lowest BCUT2D eigenvalue weighted by Gasteiger charge is -2.42. The molecule has 1 amide bonds. The molecule has 0 spiro atoms. The molecule has 33 heavy (non-hydrogen) atoms. The molecule has 1 atom stereocenters. The maximum absolute atomic E-state index is 12.8. The molecule has 0 radical (unpaired) electrons. The lowest BCUT2D eigenvalue weighted by atomic mass is 9.91. The van der Waals surface area contributed by atoms with Gasteiger partial charge in [-0.25, -0.2) is 0 Å². The lowest BCUT2D eigenvalue weighted by molar-refractivity contribution is -0.119. The van der Waals surface area contributed by atoms with E-state index in [-0.39, 0.29) is 11.9 Å². The minimum Gasteiger partial charge on any atom is -0.381 e. The number of hydrogen-bond acceptors (Lipinski definition) is 6. The quantitative estimate of drug-likeness (QED) is 0.674. The fraction of sp³-hybridized carbons (Fsp3) is 0.615. The predicted octanol–water partition coefficient (Wildman–Crippen LogP) is 3.15. The van der Waals surface area contributed by atoms with Crippen molar-refractivity contribution in [2.75, 3.05) is 50.8 Å². The monoisotopic (exact) mass is 451 g/mol. The number of amidine groups is 1. The number of anilines is 1. The molecule has 178 valence electrons. The fourth-order valence-electron chi connectivity index (χ4n) is 5.61. The molecule has 0 aliphatic carbocycles. The normalized spacial score (nSPS) is 25.2. The number of hydrogen-bond donors (Lipinski definition) is 1. The van der Waals surface area contributed by atoms with Gasteiger partial charge in [0.15, 0.2) is 0 Å². The molecule has 5 rings (SSSR count). The van der Waals surface area contributed by atoms with Crippen molar-refractivity contribution in [2.24, 2.45) is 11.0 Å². The lowest BCUT2D eigenvalue weighted by Crippen LogP contribution is -2.54. The number of amides is 1. The number of benzene rings is 1. The molecule has 1 aromatic rings. The van der Waals surface area contributed by atoms with Gasteiger partial charge in [-0.15, -0.1) is 0 Å². The number of rotatable bonds is 6. The Morgan fingerprint density at radius 1 is 1.15 bits per heavy atom. The van der Waals surface area contributed by atoms with Gasteiger partial charge in [0.1, 0.15) is 11.5 Å². The summed E-state index contributed by atoms with van der Waals surface area (Å²) in [6.07, 6.45) is 6.52. The van der Waals surface area contributed by atoms with Crippen LogP contribution in [0.2, 0.25) is 0 Å². The highest BCUT2D eigenvalue weighted by molar-refractivity contribution is 6.08. The smallest absolute Gasteiger partial charge is 0.274 e. The summed E-state index contributed by atoms with van der Waals surface area (Å²) in [7, 11) is 0. The molecule has 0 bridgehead atoms. The van der Waals surface area contributed by atoms with Crippen LogP contribution in [-0.4, -0.2) is 73.6 Å². The minimum absolute atomic E-state index is 0.0454. The molecule has 0 saturated carbocycles. The van der Waals surface area contributed by atoms with Crippen molar-refractivity contribution in [1.82, 2.24) is 15.2 Å². The van der Waals surface area contributed by atoms with E-state index in [0.717, 1.165) is 45.0 Å². The molecule has 1 N–H and O–H groups in total. The summed E-state index contributed by atoms with van der Waals surface area (Å²) in [6.45, 7) is 10.7. The Morgan fingerprint density at radius 3 is 2.52 bits per heavy atom. The van der Waals surface area contributed by atoms with Crippen molar-refractivity contribution in [3.8, 4) is 0 Å². The van der Waals surface area contributed by atoms with Gasteiger partial charge < -0.3 is 15.0 Å².